The second kappa shape index (κ2) is 8.49. The molecule has 0 atom stereocenters. The Labute approximate surface area is 155 Å². The van der Waals surface area contributed by atoms with Gasteiger partial charge in [0.15, 0.2) is 12.7 Å². The lowest BCUT2D eigenvalue weighted by Gasteiger charge is -2.19. The van der Waals surface area contributed by atoms with Gasteiger partial charge in [0.1, 0.15) is 5.75 Å². The Morgan fingerprint density at radius 1 is 0.840 bits per heavy atom. The molecule has 0 bridgehead atoms. The van der Waals surface area contributed by atoms with Crippen molar-refractivity contribution in [2.24, 2.45) is 0 Å². The first-order valence-corrected chi connectivity index (χ1v) is 8.69. The summed E-state index contributed by atoms with van der Waals surface area (Å²) < 4.78 is 12.1. The fourth-order valence-corrected chi connectivity index (χ4v) is 2.83. The second-order valence-corrected chi connectivity index (χ2v) is 6.35. The van der Waals surface area contributed by atoms with Crippen LogP contribution in [0.1, 0.15) is 17.2 Å². The summed E-state index contributed by atoms with van der Waals surface area (Å²) in [5.74, 6) is 0.194. The number of halogens is 1. The van der Waals surface area contributed by atoms with Crippen LogP contribution in [-0.2, 0) is 9.53 Å². The van der Waals surface area contributed by atoms with Gasteiger partial charge in [-0.3, -0.25) is 0 Å². The molecule has 0 radical (unpaired) electrons. The summed E-state index contributed by atoms with van der Waals surface area (Å²) in [7, 11) is 0. The third-order valence-electron chi connectivity index (χ3n) is 3.61. The van der Waals surface area contributed by atoms with E-state index in [2.05, 4.69) is 15.9 Å². The largest absolute Gasteiger partial charge is 0.482 e. The van der Waals surface area contributed by atoms with Crippen molar-refractivity contribution in [1.82, 2.24) is 0 Å². The molecule has 0 unspecified atom stereocenters. The van der Waals surface area contributed by atoms with Gasteiger partial charge in [-0.05, 0) is 29.3 Å². The van der Waals surface area contributed by atoms with Gasteiger partial charge in [0.05, 0.1) is 0 Å². The molecule has 0 N–H and O–H groups in total. The molecule has 25 heavy (non-hydrogen) atoms. The number of hydrogen-bond acceptors (Lipinski definition) is 3. The van der Waals surface area contributed by atoms with Crippen molar-refractivity contribution in [3.05, 3.63) is 101 Å². The van der Waals surface area contributed by atoms with Gasteiger partial charge in [0.25, 0.3) is 0 Å². The molecule has 4 heteroatoms. The number of hydrogen-bond donors (Lipinski definition) is 0. The maximum absolute atomic E-state index is 12.3. The zero-order valence-electron chi connectivity index (χ0n) is 13.5. The van der Waals surface area contributed by atoms with Crippen LogP contribution in [0.4, 0.5) is 0 Å². The zero-order valence-corrected chi connectivity index (χ0v) is 15.1. The second-order valence-electron chi connectivity index (χ2n) is 5.44. The maximum atomic E-state index is 12.3. The standard InChI is InChI=1S/C21H17BrO3/c22-18-12-7-13-19(14-18)24-15-20(23)25-21(16-8-3-1-4-9-16)17-10-5-2-6-11-17/h1-14,21H,15H2. The number of ether oxygens (including phenoxy) is 2. The van der Waals surface area contributed by atoms with Gasteiger partial charge < -0.3 is 9.47 Å². The number of rotatable bonds is 6. The molecular weight excluding hydrogens is 380 g/mol. The third kappa shape index (κ3) is 4.94. The Morgan fingerprint density at radius 2 is 1.44 bits per heavy atom. The lowest BCUT2D eigenvalue weighted by molar-refractivity contribution is -0.149. The molecule has 0 fully saturated rings. The molecule has 0 aliphatic carbocycles. The SMILES string of the molecule is O=C(COc1cccc(Br)c1)OC(c1ccccc1)c1ccccc1. The molecule has 3 aromatic carbocycles. The smallest absolute Gasteiger partial charge is 0.345 e. The fraction of sp³-hybridized carbons (Fsp3) is 0.0952. The summed E-state index contributed by atoms with van der Waals surface area (Å²) in [5.41, 5.74) is 1.84. The van der Waals surface area contributed by atoms with Gasteiger partial charge in [-0.15, -0.1) is 0 Å². The van der Waals surface area contributed by atoms with E-state index in [1.54, 1.807) is 12.1 Å². The van der Waals surface area contributed by atoms with E-state index in [0.29, 0.717) is 5.75 Å². The molecule has 0 aliphatic heterocycles. The zero-order chi connectivity index (χ0) is 17.5. The number of esters is 1. The molecule has 0 amide bonds. The van der Waals surface area contributed by atoms with Crippen LogP contribution in [0.2, 0.25) is 0 Å². The topological polar surface area (TPSA) is 35.5 Å². The van der Waals surface area contributed by atoms with Crippen molar-refractivity contribution < 1.29 is 14.3 Å². The van der Waals surface area contributed by atoms with Gasteiger partial charge in [0, 0.05) is 4.47 Å². The molecule has 0 aliphatic rings. The Hall–Kier alpha value is -2.59. The van der Waals surface area contributed by atoms with E-state index in [0.717, 1.165) is 15.6 Å². The summed E-state index contributed by atoms with van der Waals surface area (Å²) in [6, 6.07) is 26.7. The van der Waals surface area contributed by atoms with Gasteiger partial charge >= 0.3 is 5.97 Å². The molecule has 0 heterocycles. The highest BCUT2D eigenvalue weighted by Crippen LogP contribution is 2.26. The van der Waals surface area contributed by atoms with E-state index in [1.165, 1.54) is 0 Å². The average Bonchev–Trinajstić information content (AvgIpc) is 2.66. The predicted octanol–water partition coefficient (Wildman–Crippen LogP) is 5.16. The molecule has 3 nitrogen and oxygen atoms in total. The van der Waals surface area contributed by atoms with Gasteiger partial charge in [-0.25, -0.2) is 4.79 Å². The summed E-state index contributed by atoms with van der Waals surface area (Å²) >= 11 is 3.37. The first kappa shape index (κ1) is 17.2. The minimum atomic E-state index is -0.457. The molecule has 0 saturated carbocycles. The first-order valence-electron chi connectivity index (χ1n) is 7.90. The number of carbonyl (C=O) groups excluding carboxylic acids is 1. The minimum Gasteiger partial charge on any atom is -0.482 e. The van der Waals surface area contributed by atoms with Gasteiger partial charge in [-0.2, -0.15) is 0 Å². The molecular formula is C21H17BrO3. The third-order valence-corrected chi connectivity index (χ3v) is 4.10. The summed E-state index contributed by atoms with van der Waals surface area (Å²) in [6.07, 6.45) is -0.457. The van der Waals surface area contributed by atoms with Crippen LogP contribution in [0.5, 0.6) is 5.75 Å². The number of carbonyl (C=O) groups is 1. The fourth-order valence-electron chi connectivity index (χ4n) is 2.45. The van der Waals surface area contributed by atoms with E-state index >= 15 is 0 Å². The van der Waals surface area contributed by atoms with E-state index in [9.17, 15) is 4.79 Å². The van der Waals surface area contributed by atoms with Crippen molar-refractivity contribution in [2.75, 3.05) is 6.61 Å². The Bertz CT molecular complexity index is 779. The quantitative estimate of drug-likeness (QED) is 0.539. The molecule has 0 aromatic heterocycles. The lowest BCUT2D eigenvalue weighted by Crippen LogP contribution is -2.19. The summed E-state index contributed by atoms with van der Waals surface area (Å²) in [5, 5.41) is 0. The van der Waals surface area contributed by atoms with Crippen LogP contribution in [0.15, 0.2) is 89.4 Å². The maximum Gasteiger partial charge on any atom is 0.345 e. The summed E-state index contributed by atoms with van der Waals surface area (Å²) in [6.45, 7) is -0.146. The van der Waals surface area contributed by atoms with Crippen molar-refractivity contribution in [1.29, 1.82) is 0 Å². The highest BCUT2D eigenvalue weighted by molar-refractivity contribution is 9.10. The Balaban J connectivity index is 1.71. The van der Waals surface area contributed by atoms with E-state index in [-0.39, 0.29) is 6.61 Å². The van der Waals surface area contributed by atoms with E-state index in [1.807, 2.05) is 72.8 Å². The lowest BCUT2D eigenvalue weighted by atomic mass is 10.0. The molecule has 126 valence electrons. The van der Waals surface area contributed by atoms with Crippen LogP contribution in [-0.4, -0.2) is 12.6 Å². The highest BCUT2D eigenvalue weighted by Gasteiger charge is 2.19. The highest BCUT2D eigenvalue weighted by atomic mass is 79.9. The van der Waals surface area contributed by atoms with Crippen molar-refractivity contribution >= 4 is 21.9 Å². The minimum absolute atomic E-state index is 0.146. The van der Waals surface area contributed by atoms with E-state index in [4.69, 9.17) is 9.47 Å². The normalized spacial score (nSPS) is 10.5. The van der Waals surface area contributed by atoms with Crippen molar-refractivity contribution in [3.8, 4) is 5.75 Å². The molecule has 3 rings (SSSR count). The van der Waals surface area contributed by atoms with Gasteiger partial charge in [-0.1, -0.05) is 82.7 Å². The van der Waals surface area contributed by atoms with Crippen molar-refractivity contribution in [3.63, 3.8) is 0 Å². The summed E-state index contributed by atoms with van der Waals surface area (Å²) in [4.78, 5) is 12.3. The van der Waals surface area contributed by atoms with Crippen LogP contribution in [0, 0.1) is 0 Å². The van der Waals surface area contributed by atoms with E-state index < -0.39 is 12.1 Å². The molecule has 0 saturated heterocycles. The van der Waals surface area contributed by atoms with Crippen LogP contribution >= 0.6 is 15.9 Å². The molecule has 0 spiro atoms. The predicted molar refractivity (Wildman–Crippen MR) is 100 cm³/mol. The monoisotopic (exact) mass is 396 g/mol. The average molecular weight is 397 g/mol. The van der Waals surface area contributed by atoms with Crippen LogP contribution < -0.4 is 4.74 Å². The number of benzene rings is 3. The Morgan fingerprint density at radius 3 is 2.00 bits per heavy atom. The van der Waals surface area contributed by atoms with Crippen LogP contribution in [0.25, 0.3) is 0 Å². The van der Waals surface area contributed by atoms with Gasteiger partial charge in [0.2, 0.25) is 0 Å². The van der Waals surface area contributed by atoms with Crippen molar-refractivity contribution in [2.45, 2.75) is 6.10 Å². The Kier molecular flexibility index (Phi) is 5.86. The first-order chi connectivity index (χ1) is 12.2. The van der Waals surface area contributed by atoms with Crippen LogP contribution in [0.3, 0.4) is 0 Å². The molecule has 3 aromatic rings.